The summed E-state index contributed by atoms with van der Waals surface area (Å²) in [5.74, 6) is 6.36. The Morgan fingerprint density at radius 3 is 2.38 bits per heavy atom. The van der Waals surface area contributed by atoms with Gasteiger partial charge in [-0.3, -0.25) is 0 Å². The van der Waals surface area contributed by atoms with E-state index in [4.69, 9.17) is 0 Å². The van der Waals surface area contributed by atoms with Crippen molar-refractivity contribution in [3.63, 3.8) is 0 Å². The molecule has 3 aromatic carbocycles. The number of halogens is 1. The summed E-state index contributed by atoms with van der Waals surface area (Å²) in [7, 11) is 0. The third-order valence-corrected chi connectivity index (χ3v) is 5.22. The Balaban J connectivity index is 1.73. The highest BCUT2D eigenvalue weighted by Gasteiger charge is 2.07. The van der Waals surface area contributed by atoms with Gasteiger partial charge in [-0.2, -0.15) is 0 Å². The van der Waals surface area contributed by atoms with Gasteiger partial charge in [-0.05, 0) is 73.4 Å². The minimum atomic E-state index is -0.0772. The fraction of sp³-hybridized carbons (Fsp3) is 0.286. The van der Waals surface area contributed by atoms with E-state index in [9.17, 15) is 4.39 Å². The van der Waals surface area contributed by atoms with E-state index in [-0.39, 0.29) is 5.82 Å². The summed E-state index contributed by atoms with van der Waals surface area (Å²) in [5, 5.41) is 1.60. The fourth-order valence-corrected chi connectivity index (χ4v) is 3.49. The average Bonchev–Trinajstić information content (AvgIpc) is 2.75. The number of fused-ring (bicyclic) bond motifs is 1. The highest BCUT2D eigenvalue weighted by Crippen LogP contribution is 2.23. The van der Waals surface area contributed by atoms with Crippen molar-refractivity contribution in [2.75, 3.05) is 0 Å². The van der Waals surface area contributed by atoms with Crippen LogP contribution in [0, 0.1) is 17.7 Å². The van der Waals surface area contributed by atoms with Gasteiger partial charge in [0.15, 0.2) is 0 Å². The van der Waals surface area contributed by atoms with Crippen molar-refractivity contribution in [2.24, 2.45) is 0 Å². The van der Waals surface area contributed by atoms with Gasteiger partial charge in [0.1, 0.15) is 5.82 Å². The van der Waals surface area contributed by atoms with E-state index < -0.39 is 0 Å². The maximum absolute atomic E-state index is 14.8. The van der Waals surface area contributed by atoms with E-state index in [1.54, 1.807) is 0 Å². The highest BCUT2D eigenvalue weighted by molar-refractivity contribution is 5.85. The molecule has 0 bridgehead atoms. The lowest BCUT2D eigenvalue weighted by Crippen LogP contribution is -1.93. The lowest BCUT2D eigenvalue weighted by molar-refractivity contribution is 0.609. The molecule has 0 aliphatic carbocycles. The zero-order valence-corrected chi connectivity index (χ0v) is 17.5. The number of benzene rings is 3. The van der Waals surface area contributed by atoms with E-state index in [0.717, 1.165) is 60.6 Å². The first-order valence-electron chi connectivity index (χ1n) is 10.6. The predicted octanol–water partition coefficient (Wildman–Crippen LogP) is 7.62. The molecular weight excluding hydrogens is 355 g/mol. The molecule has 0 saturated carbocycles. The molecule has 0 heterocycles. The molecule has 148 valence electrons. The third-order valence-electron chi connectivity index (χ3n) is 5.22. The van der Waals surface area contributed by atoms with E-state index in [1.165, 1.54) is 5.56 Å². The Bertz CT molecular complexity index is 1030. The first-order valence-corrected chi connectivity index (χ1v) is 10.6. The monoisotopic (exact) mass is 384 g/mol. The van der Waals surface area contributed by atoms with Gasteiger partial charge in [-0.15, -0.1) is 0 Å². The Morgan fingerprint density at radius 1 is 0.862 bits per heavy atom. The predicted molar refractivity (Wildman–Crippen MR) is 123 cm³/mol. The van der Waals surface area contributed by atoms with Crippen molar-refractivity contribution in [1.82, 2.24) is 0 Å². The third kappa shape index (κ3) is 5.81. The molecule has 0 amide bonds. The standard InChI is InChI=1S/C28H29F/c1-3-5-7-9-22-11-13-23(14-12-22)15-16-24-17-20-27-26(21-24)19-18-25(28(27)29)10-8-6-4-2/h3,5,11-14,17-21H,4,6-10H2,1-2H3/b5-3+. The molecule has 29 heavy (non-hydrogen) atoms. The summed E-state index contributed by atoms with van der Waals surface area (Å²) in [6, 6.07) is 18.1. The SMILES string of the molecule is C/C=C/CCc1ccc(C#Cc2ccc3c(F)c(CCCCC)ccc3c2)cc1. The zero-order valence-electron chi connectivity index (χ0n) is 17.5. The molecule has 0 saturated heterocycles. The Labute approximate surface area is 174 Å². The average molecular weight is 385 g/mol. The molecule has 3 rings (SSSR count). The minimum Gasteiger partial charge on any atom is -0.206 e. The fourth-order valence-electron chi connectivity index (χ4n) is 3.49. The van der Waals surface area contributed by atoms with Gasteiger partial charge in [-0.25, -0.2) is 4.39 Å². The maximum Gasteiger partial charge on any atom is 0.134 e. The van der Waals surface area contributed by atoms with Crippen LogP contribution < -0.4 is 0 Å². The molecule has 0 atom stereocenters. The summed E-state index contributed by atoms with van der Waals surface area (Å²) >= 11 is 0. The van der Waals surface area contributed by atoms with Gasteiger partial charge in [-0.1, -0.05) is 74.1 Å². The second kappa shape index (κ2) is 10.6. The topological polar surface area (TPSA) is 0 Å². The molecule has 1 heteroatoms. The van der Waals surface area contributed by atoms with E-state index in [2.05, 4.69) is 55.2 Å². The first kappa shape index (κ1) is 20.9. The van der Waals surface area contributed by atoms with Crippen LogP contribution in [0.1, 0.15) is 61.8 Å². The van der Waals surface area contributed by atoms with Gasteiger partial charge < -0.3 is 0 Å². The summed E-state index contributed by atoms with van der Waals surface area (Å²) in [5.41, 5.74) is 4.05. The van der Waals surface area contributed by atoms with Crippen LogP contribution in [0.2, 0.25) is 0 Å². The first-order chi connectivity index (χ1) is 14.2. The van der Waals surface area contributed by atoms with Crippen LogP contribution in [-0.4, -0.2) is 0 Å². The highest BCUT2D eigenvalue weighted by atomic mass is 19.1. The van der Waals surface area contributed by atoms with E-state index in [1.807, 2.05) is 37.3 Å². The Hall–Kier alpha value is -2.85. The Morgan fingerprint density at radius 2 is 1.62 bits per heavy atom. The summed E-state index contributed by atoms with van der Waals surface area (Å²) in [4.78, 5) is 0. The second-order valence-electron chi connectivity index (χ2n) is 7.49. The molecule has 0 nitrogen and oxygen atoms in total. The molecule has 0 N–H and O–H groups in total. The van der Waals surface area contributed by atoms with Crippen LogP contribution in [-0.2, 0) is 12.8 Å². The second-order valence-corrected chi connectivity index (χ2v) is 7.49. The molecule has 0 unspecified atom stereocenters. The minimum absolute atomic E-state index is 0.0772. The number of unbranched alkanes of at least 4 members (excludes halogenated alkanes) is 2. The van der Waals surface area contributed by atoms with Crippen molar-refractivity contribution < 1.29 is 4.39 Å². The molecule has 0 radical (unpaired) electrons. The number of rotatable bonds is 7. The summed E-state index contributed by atoms with van der Waals surface area (Å²) < 4.78 is 14.8. The smallest absolute Gasteiger partial charge is 0.134 e. The van der Waals surface area contributed by atoms with Crippen LogP contribution in [0.5, 0.6) is 0 Å². The van der Waals surface area contributed by atoms with Crippen LogP contribution in [0.25, 0.3) is 10.8 Å². The maximum atomic E-state index is 14.8. The quantitative estimate of drug-likeness (QED) is 0.223. The lowest BCUT2D eigenvalue weighted by Gasteiger charge is -2.07. The molecule has 0 aliphatic rings. The molecule has 0 aliphatic heterocycles. The lowest BCUT2D eigenvalue weighted by atomic mass is 10.00. The van der Waals surface area contributed by atoms with Gasteiger partial charge in [0.25, 0.3) is 0 Å². The van der Waals surface area contributed by atoms with Crippen molar-refractivity contribution in [3.8, 4) is 11.8 Å². The van der Waals surface area contributed by atoms with E-state index in [0.29, 0.717) is 5.39 Å². The van der Waals surface area contributed by atoms with Crippen molar-refractivity contribution in [1.29, 1.82) is 0 Å². The van der Waals surface area contributed by atoms with Gasteiger partial charge in [0.2, 0.25) is 0 Å². The molecular formula is C28H29F. The van der Waals surface area contributed by atoms with Gasteiger partial charge in [0, 0.05) is 16.5 Å². The number of allylic oxidation sites excluding steroid dienone is 2. The zero-order chi connectivity index (χ0) is 20.5. The van der Waals surface area contributed by atoms with Crippen molar-refractivity contribution >= 4 is 10.8 Å². The normalized spacial score (nSPS) is 11.0. The van der Waals surface area contributed by atoms with Crippen LogP contribution in [0.15, 0.2) is 66.7 Å². The van der Waals surface area contributed by atoms with Gasteiger partial charge in [0.05, 0.1) is 0 Å². The summed E-state index contributed by atoms with van der Waals surface area (Å²) in [6.07, 6.45) is 10.5. The van der Waals surface area contributed by atoms with Gasteiger partial charge >= 0.3 is 0 Å². The molecule has 0 spiro atoms. The molecule has 0 aromatic heterocycles. The van der Waals surface area contributed by atoms with Crippen LogP contribution >= 0.6 is 0 Å². The molecule has 3 aromatic rings. The van der Waals surface area contributed by atoms with Crippen molar-refractivity contribution in [3.05, 3.63) is 94.8 Å². The van der Waals surface area contributed by atoms with E-state index >= 15 is 0 Å². The number of hydrogen-bond acceptors (Lipinski definition) is 0. The van der Waals surface area contributed by atoms with Crippen LogP contribution in [0.4, 0.5) is 4.39 Å². The summed E-state index contributed by atoms with van der Waals surface area (Å²) in [6.45, 7) is 4.21. The van der Waals surface area contributed by atoms with Crippen molar-refractivity contribution in [2.45, 2.75) is 52.4 Å². The molecule has 0 fully saturated rings. The number of hydrogen-bond donors (Lipinski definition) is 0. The largest absolute Gasteiger partial charge is 0.206 e. The van der Waals surface area contributed by atoms with Crippen LogP contribution in [0.3, 0.4) is 0 Å². The Kier molecular flexibility index (Phi) is 7.65. The number of aryl methyl sites for hydroxylation is 2.